The predicted octanol–water partition coefficient (Wildman–Crippen LogP) is 1.41. The van der Waals surface area contributed by atoms with Crippen molar-refractivity contribution in [3.05, 3.63) is 23.3 Å². The minimum Gasteiger partial charge on any atom is -0.465 e. The van der Waals surface area contributed by atoms with Gasteiger partial charge in [0.2, 0.25) is 6.29 Å². The summed E-state index contributed by atoms with van der Waals surface area (Å²) in [7, 11) is -2.39. The highest BCUT2D eigenvalue weighted by atomic mass is 28.4. The molecule has 3 N–H and O–H groups in total. The Labute approximate surface area is 172 Å². The molecule has 0 spiro atoms. The van der Waals surface area contributed by atoms with Gasteiger partial charge in [0.1, 0.15) is 17.6 Å². The lowest BCUT2D eigenvalue weighted by molar-refractivity contribution is -0.171. The van der Waals surface area contributed by atoms with Gasteiger partial charge in [0.05, 0.1) is 18.3 Å². The number of aliphatic hydroxyl groups is 3. The zero-order chi connectivity index (χ0) is 22.4. The third kappa shape index (κ3) is 4.20. The fraction of sp³-hybridized carbons (Fsp3) is 0.700. The van der Waals surface area contributed by atoms with E-state index in [1.165, 1.54) is 6.08 Å². The van der Waals surface area contributed by atoms with Crippen molar-refractivity contribution >= 4 is 20.3 Å². The maximum Gasteiger partial charge on any atom is 0.339 e. The zero-order valence-electron chi connectivity index (χ0n) is 18.1. The minimum absolute atomic E-state index is 0.0599. The Bertz CT molecular complexity index is 735. The number of hydrogen-bond donors (Lipinski definition) is 3. The Morgan fingerprint density at radius 1 is 1.28 bits per heavy atom. The van der Waals surface area contributed by atoms with Crippen LogP contribution in [0.25, 0.3) is 0 Å². The van der Waals surface area contributed by atoms with E-state index in [9.17, 15) is 24.9 Å². The molecule has 8 nitrogen and oxygen atoms in total. The molecule has 1 aliphatic carbocycles. The Morgan fingerprint density at radius 2 is 1.86 bits per heavy atom. The van der Waals surface area contributed by atoms with E-state index in [2.05, 4.69) is 0 Å². The second-order valence-electron chi connectivity index (χ2n) is 9.09. The predicted molar refractivity (Wildman–Crippen MR) is 107 cm³/mol. The van der Waals surface area contributed by atoms with Crippen LogP contribution in [0.4, 0.5) is 0 Å². The molecule has 5 atom stereocenters. The first-order valence-corrected chi connectivity index (χ1v) is 12.6. The zero-order valence-corrected chi connectivity index (χ0v) is 19.1. The SMILES string of the molecule is CCOC(=O)[C@@H]1C=C(C)[C@@H](O[Si](C)(C)C(C)(C)C)[C@@H](O)[C@@]1(O)C1=CC(O)OC1=O. The van der Waals surface area contributed by atoms with Gasteiger partial charge in [0, 0.05) is 0 Å². The molecule has 1 aliphatic heterocycles. The lowest BCUT2D eigenvalue weighted by Gasteiger charge is -2.48. The molecule has 1 unspecified atom stereocenters. The number of rotatable bonds is 5. The van der Waals surface area contributed by atoms with Gasteiger partial charge in [-0.05, 0) is 43.6 Å². The molecular formula is C20H32O8Si. The molecule has 0 aromatic carbocycles. The summed E-state index contributed by atoms with van der Waals surface area (Å²) >= 11 is 0. The van der Waals surface area contributed by atoms with Crippen LogP contribution in [0, 0.1) is 5.92 Å². The lowest BCUT2D eigenvalue weighted by atomic mass is 9.69. The highest BCUT2D eigenvalue weighted by molar-refractivity contribution is 6.74. The van der Waals surface area contributed by atoms with Gasteiger partial charge in [-0.1, -0.05) is 26.8 Å². The molecule has 0 aromatic heterocycles. The van der Waals surface area contributed by atoms with Gasteiger partial charge in [-0.15, -0.1) is 0 Å². The molecule has 9 heteroatoms. The Kier molecular flexibility index (Phi) is 6.52. The summed E-state index contributed by atoms with van der Waals surface area (Å²) in [5.74, 6) is -3.16. The van der Waals surface area contributed by atoms with Crippen molar-refractivity contribution in [3.63, 3.8) is 0 Å². The van der Waals surface area contributed by atoms with Crippen molar-refractivity contribution < 1.29 is 38.8 Å². The number of esters is 2. The minimum atomic E-state index is -2.39. The van der Waals surface area contributed by atoms with Crippen LogP contribution in [0.5, 0.6) is 0 Å². The molecule has 0 saturated heterocycles. The van der Waals surface area contributed by atoms with Crippen molar-refractivity contribution in [3.8, 4) is 0 Å². The number of cyclic esters (lactones) is 1. The Morgan fingerprint density at radius 3 is 2.31 bits per heavy atom. The molecule has 0 radical (unpaired) electrons. The van der Waals surface area contributed by atoms with Crippen molar-refractivity contribution in [1.82, 2.24) is 0 Å². The second kappa shape index (κ2) is 7.96. The lowest BCUT2D eigenvalue weighted by Crippen LogP contribution is -2.63. The number of ether oxygens (including phenoxy) is 2. The molecule has 164 valence electrons. The molecule has 0 bridgehead atoms. The molecule has 0 saturated carbocycles. The molecule has 2 rings (SSSR count). The molecule has 2 aliphatic rings. The van der Waals surface area contributed by atoms with Crippen LogP contribution < -0.4 is 0 Å². The van der Waals surface area contributed by atoms with E-state index in [-0.39, 0.29) is 17.2 Å². The fourth-order valence-electron chi connectivity index (χ4n) is 3.32. The number of aliphatic hydroxyl groups excluding tert-OH is 2. The quantitative estimate of drug-likeness (QED) is 0.341. The van der Waals surface area contributed by atoms with E-state index in [0.717, 1.165) is 6.08 Å². The maximum atomic E-state index is 12.6. The van der Waals surface area contributed by atoms with E-state index in [0.29, 0.717) is 5.57 Å². The molecule has 0 fully saturated rings. The third-order valence-corrected chi connectivity index (χ3v) is 10.5. The third-order valence-electron chi connectivity index (χ3n) is 6.05. The summed E-state index contributed by atoms with van der Waals surface area (Å²) < 4.78 is 16.1. The van der Waals surface area contributed by atoms with Crippen LogP contribution in [-0.2, 0) is 23.5 Å². The van der Waals surface area contributed by atoms with Crippen molar-refractivity contribution in [2.75, 3.05) is 6.61 Å². The monoisotopic (exact) mass is 428 g/mol. The van der Waals surface area contributed by atoms with Gasteiger partial charge < -0.3 is 29.2 Å². The Balaban J connectivity index is 2.58. The van der Waals surface area contributed by atoms with E-state index < -0.39 is 50.3 Å². The summed E-state index contributed by atoms with van der Waals surface area (Å²) in [4.78, 5) is 24.9. The average Bonchev–Trinajstić information content (AvgIpc) is 2.93. The van der Waals surface area contributed by atoms with Gasteiger partial charge >= 0.3 is 11.9 Å². The normalized spacial score (nSPS) is 33.1. The van der Waals surface area contributed by atoms with Crippen LogP contribution in [-0.4, -0.2) is 66.3 Å². The maximum absolute atomic E-state index is 12.6. The highest BCUT2D eigenvalue weighted by Crippen LogP contribution is 2.45. The summed E-state index contributed by atoms with van der Waals surface area (Å²) in [5.41, 5.74) is -2.20. The highest BCUT2D eigenvalue weighted by Gasteiger charge is 2.60. The number of carbonyl (C=O) groups is 2. The van der Waals surface area contributed by atoms with Crippen LogP contribution in [0.2, 0.25) is 18.1 Å². The van der Waals surface area contributed by atoms with Gasteiger partial charge in [-0.3, -0.25) is 4.79 Å². The van der Waals surface area contributed by atoms with E-state index in [4.69, 9.17) is 13.9 Å². The van der Waals surface area contributed by atoms with Crippen LogP contribution in [0.15, 0.2) is 23.3 Å². The topological polar surface area (TPSA) is 123 Å². The van der Waals surface area contributed by atoms with E-state index in [1.807, 2.05) is 33.9 Å². The van der Waals surface area contributed by atoms with Crippen molar-refractivity contribution in [1.29, 1.82) is 0 Å². The first-order chi connectivity index (χ1) is 13.2. The van der Waals surface area contributed by atoms with Gasteiger partial charge in [0.25, 0.3) is 0 Å². The molecule has 0 amide bonds. The largest absolute Gasteiger partial charge is 0.465 e. The Hall–Kier alpha value is -1.52. The smallest absolute Gasteiger partial charge is 0.339 e. The van der Waals surface area contributed by atoms with Gasteiger partial charge in [0.15, 0.2) is 8.32 Å². The molecule has 0 aromatic rings. The van der Waals surface area contributed by atoms with Crippen LogP contribution >= 0.6 is 0 Å². The molecule has 29 heavy (non-hydrogen) atoms. The van der Waals surface area contributed by atoms with Crippen LogP contribution in [0.1, 0.15) is 34.6 Å². The number of carbonyl (C=O) groups excluding carboxylic acids is 2. The number of hydrogen-bond acceptors (Lipinski definition) is 8. The second-order valence-corrected chi connectivity index (χ2v) is 13.8. The first kappa shape index (κ1) is 23.8. The van der Waals surface area contributed by atoms with Crippen molar-refractivity contribution in [2.24, 2.45) is 5.92 Å². The summed E-state index contributed by atoms with van der Waals surface area (Å²) in [6.45, 7) is 13.5. The summed E-state index contributed by atoms with van der Waals surface area (Å²) in [5, 5.41) is 32.2. The van der Waals surface area contributed by atoms with Crippen LogP contribution in [0.3, 0.4) is 0 Å². The van der Waals surface area contributed by atoms with Crippen molar-refractivity contribution in [2.45, 2.75) is 76.8 Å². The molecule has 1 heterocycles. The fourth-order valence-corrected chi connectivity index (χ4v) is 4.62. The van der Waals surface area contributed by atoms with Gasteiger partial charge in [-0.2, -0.15) is 0 Å². The summed E-state index contributed by atoms with van der Waals surface area (Å²) in [6.07, 6.45) is -1.71. The van der Waals surface area contributed by atoms with E-state index >= 15 is 0 Å². The molecular weight excluding hydrogens is 396 g/mol. The van der Waals surface area contributed by atoms with Gasteiger partial charge in [-0.25, -0.2) is 4.79 Å². The van der Waals surface area contributed by atoms with E-state index in [1.54, 1.807) is 13.8 Å². The first-order valence-electron chi connectivity index (χ1n) is 9.71. The summed E-state index contributed by atoms with van der Waals surface area (Å²) in [6, 6.07) is 0. The standard InChI is InChI=1S/C20H32O8Si/c1-8-26-17(23)12-9-11(2)15(28-29(6,7)19(3,4)5)16(22)20(12,25)13-10-14(21)27-18(13)24/h9-10,12,14-16,21-22,25H,8H2,1-7H3/t12-,14?,15+,16+,20-/m0/s1. The average molecular weight is 429 g/mol.